The molecular weight excluding hydrogens is 253 g/mol. The maximum absolute atomic E-state index is 13.0. The number of halogens is 1. The smallest absolute Gasteiger partial charge is 0.191 e. The van der Waals surface area contributed by atoms with Gasteiger partial charge in [-0.1, -0.05) is 12.1 Å². The first-order valence-electron chi connectivity index (χ1n) is 7.53. The van der Waals surface area contributed by atoms with Crippen LogP contribution in [0.4, 0.5) is 4.39 Å². The Balaban J connectivity index is 1.67. The first kappa shape index (κ1) is 13.4. The molecule has 0 bridgehead atoms. The van der Waals surface area contributed by atoms with Crippen molar-refractivity contribution >= 4 is 5.96 Å². The molecule has 1 aromatic rings. The summed E-state index contributed by atoms with van der Waals surface area (Å²) in [6.45, 7) is 3.74. The minimum Gasteiger partial charge on any atom is -0.357 e. The van der Waals surface area contributed by atoms with Crippen molar-refractivity contribution < 1.29 is 4.39 Å². The Hall–Kier alpha value is -1.58. The van der Waals surface area contributed by atoms with Gasteiger partial charge in [0, 0.05) is 18.0 Å². The Kier molecular flexibility index (Phi) is 3.64. The molecule has 2 aliphatic rings. The minimum absolute atomic E-state index is 0.138. The molecule has 0 aliphatic heterocycles. The highest BCUT2D eigenvalue weighted by molar-refractivity contribution is 5.80. The van der Waals surface area contributed by atoms with Gasteiger partial charge in [-0.15, -0.1) is 0 Å². The van der Waals surface area contributed by atoms with E-state index in [0.29, 0.717) is 6.04 Å². The first-order valence-corrected chi connectivity index (χ1v) is 7.53. The van der Waals surface area contributed by atoms with Crippen LogP contribution < -0.4 is 10.6 Å². The molecule has 0 spiro atoms. The average molecular weight is 275 g/mol. The second-order valence-corrected chi connectivity index (χ2v) is 5.90. The monoisotopic (exact) mass is 275 g/mol. The Morgan fingerprint density at radius 3 is 2.55 bits per heavy atom. The molecule has 0 unspecified atom stereocenters. The van der Waals surface area contributed by atoms with Crippen LogP contribution in [0.3, 0.4) is 0 Å². The van der Waals surface area contributed by atoms with Gasteiger partial charge < -0.3 is 10.6 Å². The summed E-state index contributed by atoms with van der Waals surface area (Å²) in [5.41, 5.74) is 1.35. The lowest BCUT2D eigenvalue weighted by atomic mass is 9.96. The zero-order valence-corrected chi connectivity index (χ0v) is 12.0. The summed E-state index contributed by atoms with van der Waals surface area (Å²) in [4.78, 5) is 4.73. The molecule has 0 atom stereocenters. The largest absolute Gasteiger partial charge is 0.357 e. The van der Waals surface area contributed by atoms with E-state index in [9.17, 15) is 4.39 Å². The summed E-state index contributed by atoms with van der Waals surface area (Å²) < 4.78 is 13.0. The average Bonchev–Trinajstić information content (AvgIpc) is 3.33. The molecule has 0 amide bonds. The Morgan fingerprint density at radius 1 is 1.30 bits per heavy atom. The van der Waals surface area contributed by atoms with Gasteiger partial charge in [0.2, 0.25) is 0 Å². The summed E-state index contributed by atoms with van der Waals surface area (Å²) in [6.07, 6.45) is 4.77. The van der Waals surface area contributed by atoms with Crippen LogP contribution in [0.15, 0.2) is 29.3 Å². The van der Waals surface area contributed by atoms with E-state index in [1.54, 1.807) is 12.1 Å². The highest BCUT2D eigenvalue weighted by Crippen LogP contribution is 2.48. The molecule has 4 heteroatoms. The van der Waals surface area contributed by atoms with Gasteiger partial charge in [0.15, 0.2) is 5.96 Å². The fourth-order valence-electron chi connectivity index (χ4n) is 2.46. The van der Waals surface area contributed by atoms with Gasteiger partial charge >= 0.3 is 0 Å². The highest BCUT2D eigenvalue weighted by Gasteiger charge is 2.44. The molecule has 20 heavy (non-hydrogen) atoms. The number of nitrogens with one attached hydrogen (secondary N) is 2. The fourth-order valence-corrected chi connectivity index (χ4v) is 2.46. The van der Waals surface area contributed by atoms with Crippen LogP contribution in [0.1, 0.15) is 38.2 Å². The summed E-state index contributed by atoms with van der Waals surface area (Å²) in [5.74, 6) is 0.750. The Bertz CT molecular complexity index is 487. The molecule has 2 aliphatic carbocycles. The molecule has 3 rings (SSSR count). The van der Waals surface area contributed by atoms with Gasteiger partial charge in [-0.2, -0.15) is 0 Å². The van der Waals surface area contributed by atoms with E-state index in [1.807, 2.05) is 12.1 Å². The molecule has 2 saturated carbocycles. The maximum Gasteiger partial charge on any atom is 0.191 e. The molecule has 2 fully saturated rings. The molecule has 0 saturated heterocycles. The number of guanidine groups is 1. The van der Waals surface area contributed by atoms with Crippen molar-refractivity contribution in [1.29, 1.82) is 0 Å². The fraction of sp³-hybridized carbons (Fsp3) is 0.562. The number of hydrogen-bond donors (Lipinski definition) is 2. The normalized spacial score (nSPS) is 20.6. The van der Waals surface area contributed by atoms with Crippen LogP contribution in [0.2, 0.25) is 0 Å². The zero-order valence-electron chi connectivity index (χ0n) is 12.0. The van der Waals surface area contributed by atoms with E-state index in [1.165, 1.54) is 18.4 Å². The number of hydrogen-bond acceptors (Lipinski definition) is 1. The lowest BCUT2D eigenvalue weighted by Crippen LogP contribution is -2.39. The number of aliphatic imine (C=N–C) groups is 1. The number of nitrogens with zero attached hydrogens (tertiary/aromatic N) is 1. The van der Waals surface area contributed by atoms with Crippen molar-refractivity contribution in [2.75, 3.05) is 13.1 Å². The molecule has 2 N–H and O–H groups in total. The van der Waals surface area contributed by atoms with E-state index in [-0.39, 0.29) is 11.2 Å². The Morgan fingerprint density at radius 2 is 2.00 bits per heavy atom. The lowest BCUT2D eigenvalue weighted by Gasteiger charge is -2.15. The maximum atomic E-state index is 13.0. The van der Waals surface area contributed by atoms with Crippen molar-refractivity contribution in [2.24, 2.45) is 4.99 Å². The van der Waals surface area contributed by atoms with E-state index in [2.05, 4.69) is 17.6 Å². The van der Waals surface area contributed by atoms with Crippen LogP contribution in [-0.4, -0.2) is 25.1 Å². The van der Waals surface area contributed by atoms with Crippen molar-refractivity contribution in [3.05, 3.63) is 35.6 Å². The molecule has 108 valence electrons. The van der Waals surface area contributed by atoms with Crippen LogP contribution in [-0.2, 0) is 5.41 Å². The van der Waals surface area contributed by atoms with E-state index >= 15 is 0 Å². The van der Waals surface area contributed by atoms with Gasteiger partial charge in [-0.25, -0.2) is 4.39 Å². The first-order chi connectivity index (χ1) is 9.72. The van der Waals surface area contributed by atoms with Crippen LogP contribution in [0, 0.1) is 5.82 Å². The second-order valence-electron chi connectivity index (χ2n) is 5.90. The van der Waals surface area contributed by atoms with Gasteiger partial charge in [0.25, 0.3) is 0 Å². The molecule has 0 heterocycles. The molecule has 0 aromatic heterocycles. The molecule has 0 radical (unpaired) electrons. The van der Waals surface area contributed by atoms with Gasteiger partial charge in [0.1, 0.15) is 5.82 Å². The predicted molar refractivity (Wildman–Crippen MR) is 79.4 cm³/mol. The van der Waals surface area contributed by atoms with Crippen molar-refractivity contribution in [3.8, 4) is 0 Å². The summed E-state index contributed by atoms with van der Waals surface area (Å²) >= 11 is 0. The molecule has 1 aromatic carbocycles. The van der Waals surface area contributed by atoms with Crippen LogP contribution in [0.5, 0.6) is 0 Å². The predicted octanol–water partition coefficient (Wildman–Crippen LogP) is 2.57. The van der Waals surface area contributed by atoms with Crippen molar-refractivity contribution in [2.45, 2.75) is 44.1 Å². The summed E-state index contributed by atoms with van der Waals surface area (Å²) in [5, 5.41) is 6.73. The van der Waals surface area contributed by atoms with Gasteiger partial charge in [-0.05, 0) is 50.3 Å². The third kappa shape index (κ3) is 3.11. The standard InChI is InChI=1S/C16H22FN3/c1-2-18-15(20-14-7-8-14)19-11-16(9-10-16)12-3-5-13(17)6-4-12/h3-6,14H,2,7-11H2,1H3,(H2,18,19,20). The second kappa shape index (κ2) is 5.43. The third-order valence-corrected chi connectivity index (χ3v) is 4.11. The van der Waals surface area contributed by atoms with Crippen molar-refractivity contribution in [1.82, 2.24) is 10.6 Å². The Labute approximate surface area is 119 Å². The number of rotatable bonds is 5. The lowest BCUT2D eigenvalue weighted by molar-refractivity contribution is 0.623. The van der Waals surface area contributed by atoms with E-state index in [0.717, 1.165) is 31.9 Å². The third-order valence-electron chi connectivity index (χ3n) is 4.11. The highest BCUT2D eigenvalue weighted by atomic mass is 19.1. The van der Waals surface area contributed by atoms with E-state index in [4.69, 9.17) is 4.99 Å². The topological polar surface area (TPSA) is 36.4 Å². The quantitative estimate of drug-likeness (QED) is 0.640. The van der Waals surface area contributed by atoms with Gasteiger partial charge in [-0.3, -0.25) is 4.99 Å². The number of benzene rings is 1. The SMILES string of the molecule is CCNC(=NCC1(c2ccc(F)cc2)CC1)NC1CC1. The van der Waals surface area contributed by atoms with Crippen molar-refractivity contribution in [3.63, 3.8) is 0 Å². The molecular formula is C16H22FN3. The molecule has 3 nitrogen and oxygen atoms in total. The minimum atomic E-state index is -0.170. The van der Waals surface area contributed by atoms with Crippen LogP contribution >= 0.6 is 0 Å². The zero-order chi connectivity index (χ0) is 14.0. The van der Waals surface area contributed by atoms with E-state index < -0.39 is 0 Å². The summed E-state index contributed by atoms with van der Waals surface area (Å²) in [7, 11) is 0. The van der Waals surface area contributed by atoms with Gasteiger partial charge in [0.05, 0.1) is 6.54 Å². The summed E-state index contributed by atoms with van der Waals surface area (Å²) in [6, 6.07) is 7.51. The van der Waals surface area contributed by atoms with Crippen LogP contribution in [0.25, 0.3) is 0 Å².